The monoisotopic (exact) mass is 426 g/mol. The number of benzene rings is 2. The van der Waals surface area contributed by atoms with Crippen LogP contribution in [-0.4, -0.2) is 31.0 Å². The van der Waals surface area contributed by atoms with Crippen molar-refractivity contribution in [2.45, 2.75) is 24.7 Å². The van der Waals surface area contributed by atoms with E-state index in [1.807, 2.05) is 31.2 Å². The highest BCUT2D eigenvalue weighted by Gasteiger charge is 2.18. The number of hydrogen-bond donors (Lipinski definition) is 2. The molecular formula is C22H22N2O5S. The number of ether oxygens (including phenoxy) is 1. The first kappa shape index (κ1) is 21.5. The van der Waals surface area contributed by atoms with Crippen molar-refractivity contribution in [2.75, 3.05) is 6.54 Å². The number of hydrogen-bond acceptors (Lipinski definition) is 5. The molecule has 0 aliphatic heterocycles. The van der Waals surface area contributed by atoms with Gasteiger partial charge in [-0.2, -0.15) is 0 Å². The minimum absolute atomic E-state index is 0.00478. The molecule has 0 saturated carbocycles. The molecule has 8 heteroatoms. The fourth-order valence-electron chi connectivity index (χ4n) is 2.91. The van der Waals surface area contributed by atoms with Gasteiger partial charge in [0.15, 0.2) is 0 Å². The highest BCUT2D eigenvalue weighted by molar-refractivity contribution is 7.89. The van der Waals surface area contributed by atoms with Crippen molar-refractivity contribution in [2.24, 2.45) is 0 Å². The average molecular weight is 426 g/mol. The lowest BCUT2D eigenvalue weighted by Gasteiger charge is -2.10. The van der Waals surface area contributed by atoms with Gasteiger partial charge in [0.25, 0.3) is 0 Å². The molecule has 0 bridgehead atoms. The van der Waals surface area contributed by atoms with E-state index in [2.05, 4.69) is 9.71 Å². The normalized spacial score (nSPS) is 11.2. The Labute approximate surface area is 175 Å². The van der Waals surface area contributed by atoms with E-state index in [4.69, 9.17) is 4.74 Å². The summed E-state index contributed by atoms with van der Waals surface area (Å²) in [4.78, 5) is 15.2. The molecule has 1 heterocycles. The Morgan fingerprint density at radius 1 is 1.03 bits per heavy atom. The molecule has 2 N–H and O–H groups in total. The second-order valence-corrected chi connectivity index (χ2v) is 8.32. The van der Waals surface area contributed by atoms with Crippen LogP contribution in [0.25, 0.3) is 0 Å². The molecular weight excluding hydrogens is 404 g/mol. The van der Waals surface area contributed by atoms with Crippen LogP contribution in [-0.2, 0) is 22.9 Å². The van der Waals surface area contributed by atoms with Crippen LogP contribution in [0.3, 0.4) is 0 Å². The van der Waals surface area contributed by atoms with Crippen molar-refractivity contribution in [3.05, 3.63) is 83.7 Å². The van der Waals surface area contributed by atoms with Crippen molar-refractivity contribution in [1.29, 1.82) is 0 Å². The molecule has 0 atom stereocenters. The fraction of sp³-hybridized carbons (Fsp3) is 0.182. The number of rotatable bonds is 9. The summed E-state index contributed by atoms with van der Waals surface area (Å²) >= 11 is 0. The van der Waals surface area contributed by atoms with E-state index in [0.29, 0.717) is 29.9 Å². The molecule has 156 valence electrons. The van der Waals surface area contributed by atoms with Crippen molar-refractivity contribution >= 4 is 16.0 Å². The van der Waals surface area contributed by atoms with Crippen LogP contribution in [0.15, 0.2) is 71.9 Å². The van der Waals surface area contributed by atoms with Crippen LogP contribution in [0.1, 0.15) is 28.4 Å². The van der Waals surface area contributed by atoms with Gasteiger partial charge in [-0.05, 0) is 60.4 Å². The van der Waals surface area contributed by atoms with Crippen molar-refractivity contribution in [3.63, 3.8) is 0 Å². The van der Waals surface area contributed by atoms with Gasteiger partial charge in [0, 0.05) is 18.9 Å². The number of pyridine rings is 1. The molecule has 0 fully saturated rings. The van der Waals surface area contributed by atoms with Crippen LogP contribution in [0.4, 0.5) is 0 Å². The van der Waals surface area contributed by atoms with Crippen LogP contribution in [0, 0.1) is 0 Å². The zero-order valence-corrected chi connectivity index (χ0v) is 17.2. The van der Waals surface area contributed by atoms with E-state index in [-0.39, 0.29) is 17.0 Å². The maximum atomic E-state index is 12.5. The second-order valence-electron chi connectivity index (χ2n) is 6.55. The maximum absolute atomic E-state index is 12.5. The van der Waals surface area contributed by atoms with E-state index < -0.39 is 16.0 Å². The molecule has 0 amide bonds. The number of aromatic nitrogens is 1. The van der Waals surface area contributed by atoms with E-state index in [1.165, 1.54) is 12.1 Å². The Bertz CT molecular complexity index is 1110. The Morgan fingerprint density at radius 2 is 1.70 bits per heavy atom. The molecule has 0 unspecified atom stereocenters. The number of carbonyl (C=O) groups is 1. The highest BCUT2D eigenvalue weighted by Crippen LogP contribution is 2.21. The molecule has 0 aliphatic rings. The molecule has 1 aromatic heterocycles. The first-order valence-corrected chi connectivity index (χ1v) is 10.9. The SMILES string of the molecule is CCc1ccc(S(=O)(=O)NCCc2ccc(Oc3ccncc3)cc2)cc1C(=O)O. The lowest BCUT2D eigenvalue weighted by Crippen LogP contribution is -2.26. The van der Waals surface area contributed by atoms with Crippen LogP contribution in [0.5, 0.6) is 11.5 Å². The summed E-state index contributed by atoms with van der Waals surface area (Å²) in [5.41, 5.74) is 1.54. The Morgan fingerprint density at radius 3 is 2.33 bits per heavy atom. The number of carboxylic acids is 1. The van der Waals surface area contributed by atoms with Gasteiger partial charge in [0.05, 0.1) is 10.5 Å². The predicted octanol–water partition coefficient (Wildman–Crippen LogP) is 3.66. The Hall–Kier alpha value is -3.23. The molecule has 3 aromatic rings. The first-order valence-electron chi connectivity index (χ1n) is 9.42. The Kier molecular flexibility index (Phi) is 6.81. The summed E-state index contributed by atoms with van der Waals surface area (Å²) in [5, 5.41) is 9.30. The number of sulfonamides is 1. The maximum Gasteiger partial charge on any atom is 0.336 e. The number of nitrogens with zero attached hydrogens (tertiary/aromatic N) is 1. The van der Waals surface area contributed by atoms with Gasteiger partial charge in [0.1, 0.15) is 11.5 Å². The van der Waals surface area contributed by atoms with Crippen molar-refractivity contribution < 1.29 is 23.1 Å². The van der Waals surface area contributed by atoms with E-state index in [9.17, 15) is 18.3 Å². The van der Waals surface area contributed by atoms with Crippen LogP contribution < -0.4 is 9.46 Å². The van der Waals surface area contributed by atoms with Crippen molar-refractivity contribution in [1.82, 2.24) is 9.71 Å². The summed E-state index contributed by atoms with van der Waals surface area (Å²) in [6.07, 6.45) is 4.28. The van der Waals surface area contributed by atoms with Gasteiger partial charge >= 0.3 is 5.97 Å². The van der Waals surface area contributed by atoms with Gasteiger partial charge in [-0.25, -0.2) is 17.9 Å². The van der Waals surface area contributed by atoms with Gasteiger partial charge in [-0.15, -0.1) is 0 Å². The zero-order chi connectivity index (χ0) is 21.6. The summed E-state index contributed by atoms with van der Waals surface area (Å²) in [6.45, 7) is 2.01. The molecule has 0 aliphatic carbocycles. The molecule has 2 aromatic carbocycles. The van der Waals surface area contributed by atoms with Crippen LogP contribution >= 0.6 is 0 Å². The number of aromatic carboxylic acids is 1. The largest absolute Gasteiger partial charge is 0.478 e. The summed E-state index contributed by atoms with van der Waals surface area (Å²) < 4.78 is 33.3. The topological polar surface area (TPSA) is 106 Å². The second kappa shape index (κ2) is 9.51. The number of nitrogens with one attached hydrogen (secondary N) is 1. The zero-order valence-electron chi connectivity index (χ0n) is 16.4. The molecule has 0 spiro atoms. The van der Waals surface area contributed by atoms with Gasteiger partial charge in [-0.1, -0.05) is 25.1 Å². The third kappa shape index (κ3) is 5.43. The summed E-state index contributed by atoms with van der Waals surface area (Å²) in [6, 6.07) is 15.0. The van der Waals surface area contributed by atoms with E-state index in [1.54, 1.807) is 30.6 Å². The standard InChI is InChI=1S/C22H22N2O5S/c1-2-17-5-8-20(15-21(17)22(25)26)30(27,28)24-14-9-16-3-6-18(7-4-16)29-19-10-12-23-13-11-19/h3-8,10-13,15,24H,2,9,14H2,1H3,(H,25,26). The number of carboxylic acid groups (broad SMARTS) is 1. The quantitative estimate of drug-likeness (QED) is 0.541. The number of aryl methyl sites for hydroxylation is 1. The lowest BCUT2D eigenvalue weighted by atomic mass is 10.1. The minimum Gasteiger partial charge on any atom is -0.478 e. The van der Waals surface area contributed by atoms with Gasteiger partial charge in [-0.3, -0.25) is 4.98 Å². The third-order valence-corrected chi connectivity index (χ3v) is 5.98. The molecule has 0 radical (unpaired) electrons. The fourth-order valence-corrected chi connectivity index (χ4v) is 3.97. The average Bonchev–Trinajstić information content (AvgIpc) is 2.75. The third-order valence-electron chi connectivity index (χ3n) is 4.52. The predicted molar refractivity (Wildman–Crippen MR) is 112 cm³/mol. The van der Waals surface area contributed by atoms with E-state index >= 15 is 0 Å². The molecule has 0 saturated heterocycles. The summed E-state index contributed by atoms with van der Waals surface area (Å²) in [7, 11) is -3.80. The van der Waals surface area contributed by atoms with Crippen molar-refractivity contribution in [3.8, 4) is 11.5 Å². The Balaban J connectivity index is 1.60. The highest BCUT2D eigenvalue weighted by atomic mass is 32.2. The molecule has 30 heavy (non-hydrogen) atoms. The van der Waals surface area contributed by atoms with Gasteiger partial charge in [0.2, 0.25) is 10.0 Å². The summed E-state index contributed by atoms with van der Waals surface area (Å²) in [5.74, 6) is 0.209. The lowest BCUT2D eigenvalue weighted by molar-refractivity contribution is 0.0695. The molecule has 7 nitrogen and oxygen atoms in total. The van der Waals surface area contributed by atoms with Gasteiger partial charge < -0.3 is 9.84 Å². The minimum atomic E-state index is -3.80. The molecule has 3 rings (SSSR count). The van der Waals surface area contributed by atoms with E-state index in [0.717, 1.165) is 5.56 Å². The smallest absolute Gasteiger partial charge is 0.336 e. The first-order chi connectivity index (χ1) is 14.4. The van der Waals surface area contributed by atoms with Crippen LogP contribution in [0.2, 0.25) is 0 Å².